The predicted octanol–water partition coefficient (Wildman–Crippen LogP) is 1.95. The van der Waals surface area contributed by atoms with Crippen LogP contribution in [0.25, 0.3) is 0 Å². The van der Waals surface area contributed by atoms with E-state index in [1.807, 2.05) is 42.1 Å². The van der Waals surface area contributed by atoms with Crippen LogP contribution in [-0.4, -0.2) is 9.78 Å². The molecule has 0 saturated carbocycles. The molecule has 4 heteroatoms. The first-order chi connectivity index (χ1) is 8.22. The minimum atomic E-state index is 0.669. The maximum Gasteiger partial charge on any atom is 0.0991 e. The van der Waals surface area contributed by atoms with Crippen molar-refractivity contribution in [1.82, 2.24) is 9.78 Å². The summed E-state index contributed by atoms with van der Waals surface area (Å²) in [5.41, 5.74) is 9.27. The van der Waals surface area contributed by atoms with Gasteiger partial charge in [-0.2, -0.15) is 10.4 Å². The topological polar surface area (TPSA) is 67.6 Å². The van der Waals surface area contributed by atoms with E-state index in [9.17, 15) is 0 Å². The molecule has 0 amide bonds. The van der Waals surface area contributed by atoms with E-state index in [-0.39, 0.29) is 0 Å². The molecule has 0 radical (unpaired) electrons. The third-order valence-corrected chi connectivity index (χ3v) is 2.63. The van der Waals surface area contributed by atoms with Crippen molar-refractivity contribution < 1.29 is 0 Å². The van der Waals surface area contributed by atoms with E-state index in [0.717, 1.165) is 23.4 Å². The van der Waals surface area contributed by atoms with E-state index in [2.05, 4.69) is 11.2 Å². The van der Waals surface area contributed by atoms with Crippen molar-refractivity contribution in [1.29, 1.82) is 5.26 Å². The van der Waals surface area contributed by atoms with E-state index in [4.69, 9.17) is 11.0 Å². The first-order valence-electron chi connectivity index (χ1n) is 5.53. The summed E-state index contributed by atoms with van der Waals surface area (Å²) in [6, 6.07) is 9.58. The Morgan fingerprint density at radius 2 is 2.06 bits per heavy atom. The summed E-state index contributed by atoms with van der Waals surface area (Å²) in [6.45, 7) is 2.71. The molecule has 1 aromatic heterocycles. The van der Waals surface area contributed by atoms with Gasteiger partial charge in [0, 0.05) is 6.20 Å². The zero-order chi connectivity index (χ0) is 12.3. The van der Waals surface area contributed by atoms with Crippen LogP contribution in [0.1, 0.15) is 23.7 Å². The number of nitrogen functional groups attached to an aromatic ring is 1. The average molecular weight is 226 g/mol. The van der Waals surface area contributed by atoms with Crippen molar-refractivity contribution in [2.45, 2.75) is 19.9 Å². The molecule has 0 aliphatic heterocycles. The van der Waals surface area contributed by atoms with Crippen LogP contribution in [0.5, 0.6) is 0 Å². The second-order valence-corrected chi connectivity index (χ2v) is 3.89. The fraction of sp³-hybridized carbons (Fsp3) is 0.231. The first-order valence-corrected chi connectivity index (χ1v) is 5.53. The standard InChI is InChI=1S/C13H14N4/c1-2-13-12(15)9-17(16-13)8-11-5-3-10(7-14)4-6-11/h3-6,9H,2,8,15H2,1H3. The Kier molecular flexibility index (Phi) is 3.10. The van der Waals surface area contributed by atoms with Crippen LogP contribution in [0.15, 0.2) is 30.5 Å². The number of hydrogen-bond acceptors (Lipinski definition) is 3. The van der Waals surface area contributed by atoms with Crippen LogP contribution in [0, 0.1) is 11.3 Å². The Balaban J connectivity index is 2.17. The molecule has 0 unspecified atom stereocenters. The van der Waals surface area contributed by atoms with Crippen LogP contribution < -0.4 is 5.73 Å². The van der Waals surface area contributed by atoms with Gasteiger partial charge in [0.15, 0.2) is 0 Å². The fourth-order valence-electron chi connectivity index (χ4n) is 1.70. The van der Waals surface area contributed by atoms with E-state index in [1.54, 1.807) is 0 Å². The molecule has 0 aliphatic carbocycles. The highest BCUT2D eigenvalue weighted by Gasteiger charge is 2.04. The third kappa shape index (κ3) is 2.45. The number of hydrogen-bond donors (Lipinski definition) is 1. The Morgan fingerprint density at radius 3 is 2.59 bits per heavy atom. The summed E-state index contributed by atoms with van der Waals surface area (Å²) in [5, 5.41) is 13.1. The van der Waals surface area contributed by atoms with Gasteiger partial charge in [-0.1, -0.05) is 19.1 Å². The molecule has 0 aliphatic rings. The maximum absolute atomic E-state index is 8.71. The lowest BCUT2D eigenvalue weighted by Crippen LogP contribution is -2.00. The Hall–Kier alpha value is -2.28. The first kappa shape index (κ1) is 11.2. The number of aromatic nitrogens is 2. The van der Waals surface area contributed by atoms with Gasteiger partial charge < -0.3 is 5.73 Å². The number of nitrogens with zero attached hydrogens (tertiary/aromatic N) is 3. The highest BCUT2D eigenvalue weighted by Crippen LogP contribution is 2.11. The second-order valence-electron chi connectivity index (χ2n) is 3.89. The maximum atomic E-state index is 8.71. The summed E-state index contributed by atoms with van der Waals surface area (Å²) < 4.78 is 1.83. The average Bonchev–Trinajstić information content (AvgIpc) is 2.70. The van der Waals surface area contributed by atoms with E-state index in [1.165, 1.54) is 0 Å². The molecule has 17 heavy (non-hydrogen) atoms. The number of anilines is 1. The minimum Gasteiger partial charge on any atom is -0.396 e. The van der Waals surface area contributed by atoms with Gasteiger partial charge in [0.05, 0.1) is 29.6 Å². The summed E-state index contributed by atoms with van der Waals surface area (Å²) in [7, 11) is 0. The summed E-state index contributed by atoms with van der Waals surface area (Å²) in [6.07, 6.45) is 2.68. The van der Waals surface area contributed by atoms with Gasteiger partial charge in [-0.3, -0.25) is 4.68 Å². The number of nitriles is 1. The normalized spacial score (nSPS) is 10.1. The number of aryl methyl sites for hydroxylation is 1. The van der Waals surface area contributed by atoms with Crippen LogP contribution in [-0.2, 0) is 13.0 Å². The van der Waals surface area contributed by atoms with Crippen LogP contribution in [0.4, 0.5) is 5.69 Å². The highest BCUT2D eigenvalue weighted by molar-refractivity contribution is 5.40. The molecule has 2 aromatic rings. The lowest BCUT2D eigenvalue weighted by molar-refractivity contribution is 0.673. The van der Waals surface area contributed by atoms with Crippen molar-refractivity contribution in [3.8, 4) is 6.07 Å². The smallest absolute Gasteiger partial charge is 0.0991 e. The van der Waals surface area contributed by atoms with Crippen molar-refractivity contribution in [2.75, 3.05) is 5.73 Å². The Labute approximate surface area is 100 Å². The van der Waals surface area contributed by atoms with Crippen LogP contribution in [0.2, 0.25) is 0 Å². The van der Waals surface area contributed by atoms with E-state index in [0.29, 0.717) is 12.1 Å². The fourth-order valence-corrected chi connectivity index (χ4v) is 1.70. The molecule has 0 spiro atoms. The second kappa shape index (κ2) is 4.71. The SMILES string of the molecule is CCc1nn(Cc2ccc(C#N)cc2)cc1N. The van der Waals surface area contributed by atoms with Gasteiger partial charge in [-0.05, 0) is 24.1 Å². The third-order valence-electron chi connectivity index (χ3n) is 2.63. The zero-order valence-corrected chi connectivity index (χ0v) is 9.72. The van der Waals surface area contributed by atoms with Crippen LogP contribution >= 0.6 is 0 Å². The zero-order valence-electron chi connectivity index (χ0n) is 9.72. The Bertz CT molecular complexity index is 546. The van der Waals surface area contributed by atoms with Gasteiger partial charge in [0.1, 0.15) is 0 Å². The number of benzene rings is 1. The number of rotatable bonds is 3. The molecule has 1 aromatic carbocycles. The van der Waals surface area contributed by atoms with Gasteiger partial charge in [-0.25, -0.2) is 0 Å². The van der Waals surface area contributed by atoms with Gasteiger partial charge in [-0.15, -0.1) is 0 Å². The number of nitrogens with two attached hydrogens (primary N) is 1. The molecule has 2 N–H and O–H groups in total. The van der Waals surface area contributed by atoms with Gasteiger partial charge >= 0.3 is 0 Å². The molecule has 1 heterocycles. The Morgan fingerprint density at radius 1 is 1.35 bits per heavy atom. The van der Waals surface area contributed by atoms with Crippen molar-refractivity contribution in [2.24, 2.45) is 0 Å². The summed E-state index contributed by atoms with van der Waals surface area (Å²) in [5.74, 6) is 0. The molecule has 0 atom stereocenters. The highest BCUT2D eigenvalue weighted by atomic mass is 15.3. The molecular formula is C13H14N4. The van der Waals surface area contributed by atoms with E-state index >= 15 is 0 Å². The van der Waals surface area contributed by atoms with Crippen molar-refractivity contribution in [3.63, 3.8) is 0 Å². The monoisotopic (exact) mass is 226 g/mol. The quantitative estimate of drug-likeness (QED) is 0.869. The minimum absolute atomic E-state index is 0.669. The predicted molar refractivity (Wildman–Crippen MR) is 66.3 cm³/mol. The lowest BCUT2D eigenvalue weighted by Gasteiger charge is -2.01. The van der Waals surface area contributed by atoms with Gasteiger partial charge in [0.25, 0.3) is 0 Å². The molecule has 4 nitrogen and oxygen atoms in total. The van der Waals surface area contributed by atoms with E-state index < -0.39 is 0 Å². The van der Waals surface area contributed by atoms with Gasteiger partial charge in [0.2, 0.25) is 0 Å². The molecule has 86 valence electrons. The molecular weight excluding hydrogens is 212 g/mol. The van der Waals surface area contributed by atoms with Crippen LogP contribution in [0.3, 0.4) is 0 Å². The van der Waals surface area contributed by atoms with Crippen molar-refractivity contribution in [3.05, 3.63) is 47.3 Å². The summed E-state index contributed by atoms with van der Waals surface area (Å²) >= 11 is 0. The molecule has 2 rings (SSSR count). The largest absolute Gasteiger partial charge is 0.396 e. The van der Waals surface area contributed by atoms with Crippen molar-refractivity contribution >= 4 is 5.69 Å². The lowest BCUT2D eigenvalue weighted by atomic mass is 10.1. The molecule has 0 fully saturated rings. The molecule has 0 bridgehead atoms. The molecule has 0 saturated heterocycles. The summed E-state index contributed by atoms with van der Waals surface area (Å²) in [4.78, 5) is 0.